The number of aromatic carboxylic acids is 2. The minimum atomic E-state index is -4.39. The Kier molecular flexibility index (Phi) is 4.77. The van der Waals surface area contributed by atoms with Crippen LogP contribution in [0, 0.1) is 0 Å². The van der Waals surface area contributed by atoms with Crippen molar-refractivity contribution >= 4 is 44.4 Å². The van der Waals surface area contributed by atoms with E-state index in [-0.39, 0.29) is 37.6 Å². The van der Waals surface area contributed by atoms with Gasteiger partial charge < -0.3 is 14.4 Å². The van der Waals surface area contributed by atoms with Crippen LogP contribution in [0.1, 0.15) is 20.7 Å². The van der Waals surface area contributed by atoms with Gasteiger partial charge in [-0.1, -0.05) is 29.8 Å². The average Bonchev–Trinajstić information content (AvgIpc) is 2.59. The lowest BCUT2D eigenvalue weighted by atomic mass is 9.99. The number of benzene rings is 3. The molecule has 0 unspecified atom stereocenters. The fraction of sp³-hybridized carbons (Fsp3) is 0. The Morgan fingerprint density at radius 3 is 2.15 bits per heavy atom. The van der Waals surface area contributed by atoms with Gasteiger partial charge in [-0.15, -0.1) is 0 Å². The molecule has 0 aromatic heterocycles. The Morgan fingerprint density at radius 1 is 0.889 bits per heavy atom. The maximum atomic E-state index is 12.7. The summed E-state index contributed by atoms with van der Waals surface area (Å²) in [6.07, 6.45) is 0. The highest BCUT2D eigenvalue weighted by Gasteiger charge is 2.25. The molecule has 9 heteroatoms. The number of halogens is 1. The van der Waals surface area contributed by atoms with Gasteiger partial charge in [0.2, 0.25) is 0 Å². The smallest absolute Gasteiger partial charge is 0.339 e. The van der Waals surface area contributed by atoms with E-state index >= 15 is 0 Å². The summed E-state index contributed by atoms with van der Waals surface area (Å²) in [5, 5.41) is 18.7. The number of hydrogen-bond acceptors (Lipinski definition) is 5. The van der Waals surface area contributed by atoms with Gasteiger partial charge in [0.05, 0.1) is 11.1 Å². The van der Waals surface area contributed by atoms with Gasteiger partial charge >= 0.3 is 22.1 Å². The van der Waals surface area contributed by atoms with Crippen molar-refractivity contribution in [1.82, 2.24) is 0 Å². The van der Waals surface area contributed by atoms with Crippen molar-refractivity contribution in [3.8, 4) is 5.75 Å². The van der Waals surface area contributed by atoms with Crippen molar-refractivity contribution in [2.45, 2.75) is 4.90 Å². The predicted octanol–water partition coefficient (Wildman–Crippen LogP) is 3.66. The van der Waals surface area contributed by atoms with Gasteiger partial charge in [-0.2, -0.15) is 8.42 Å². The zero-order valence-corrected chi connectivity index (χ0v) is 15.0. The van der Waals surface area contributed by atoms with Gasteiger partial charge in [0, 0.05) is 21.9 Å². The molecule has 2 N–H and O–H groups in total. The summed E-state index contributed by atoms with van der Waals surface area (Å²) < 4.78 is 30.5. The SMILES string of the molecule is O=C(O)c1cccc2c(S(=O)(=O)Oc3cccc(Cl)c3)ccc(C(=O)O)c12. The average molecular weight is 407 g/mol. The summed E-state index contributed by atoms with van der Waals surface area (Å²) >= 11 is 5.82. The Balaban J connectivity index is 2.26. The van der Waals surface area contributed by atoms with E-state index in [1.54, 1.807) is 0 Å². The third kappa shape index (κ3) is 3.57. The first-order chi connectivity index (χ1) is 12.7. The highest BCUT2D eigenvalue weighted by Crippen LogP contribution is 2.31. The van der Waals surface area contributed by atoms with Crippen LogP contribution in [0.25, 0.3) is 10.8 Å². The Morgan fingerprint density at radius 2 is 1.52 bits per heavy atom. The molecular formula is C18H11ClO7S. The number of carbonyl (C=O) groups is 2. The van der Waals surface area contributed by atoms with E-state index in [1.807, 2.05) is 0 Å². The summed E-state index contributed by atoms with van der Waals surface area (Å²) in [7, 11) is -4.39. The van der Waals surface area contributed by atoms with Crippen LogP contribution in [0.5, 0.6) is 5.75 Å². The Labute approximate surface area is 158 Å². The zero-order chi connectivity index (χ0) is 19.8. The largest absolute Gasteiger partial charge is 0.478 e. The summed E-state index contributed by atoms with van der Waals surface area (Å²) in [6, 6.07) is 11.7. The van der Waals surface area contributed by atoms with Crippen molar-refractivity contribution in [3.05, 3.63) is 70.7 Å². The van der Waals surface area contributed by atoms with E-state index in [1.165, 1.54) is 42.5 Å². The summed E-state index contributed by atoms with van der Waals surface area (Å²) in [4.78, 5) is 22.6. The van der Waals surface area contributed by atoms with Gasteiger partial charge in [-0.3, -0.25) is 0 Å². The zero-order valence-electron chi connectivity index (χ0n) is 13.4. The van der Waals surface area contributed by atoms with E-state index in [0.717, 1.165) is 12.1 Å². The van der Waals surface area contributed by atoms with Crippen molar-refractivity contribution < 1.29 is 32.4 Å². The van der Waals surface area contributed by atoms with E-state index in [9.17, 15) is 28.2 Å². The van der Waals surface area contributed by atoms with Crippen LogP contribution in [0.2, 0.25) is 5.02 Å². The first kappa shape index (κ1) is 18.7. The third-order valence-electron chi connectivity index (χ3n) is 3.73. The minimum Gasteiger partial charge on any atom is -0.478 e. The molecule has 0 saturated heterocycles. The second-order valence-electron chi connectivity index (χ2n) is 5.44. The molecule has 0 aliphatic rings. The monoisotopic (exact) mass is 406 g/mol. The molecule has 0 atom stereocenters. The fourth-order valence-corrected chi connectivity index (χ4v) is 3.95. The lowest BCUT2D eigenvalue weighted by Crippen LogP contribution is -2.12. The molecule has 0 bridgehead atoms. The van der Waals surface area contributed by atoms with Crippen LogP contribution in [0.4, 0.5) is 0 Å². The summed E-state index contributed by atoms with van der Waals surface area (Å²) in [6.45, 7) is 0. The summed E-state index contributed by atoms with van der Waals surface area (Å²) in [5.41, 5.74) is -0.658. The van der Waals surface area contributed by atoms with Crippen LogP contribution in [-0.2, 0) is 10.1 Å². The van der Waals surface area contributed by atoms with E-state index in [2.05, 4.69) is 0 Å². The number of carboxylic acids is 2. The van der Waals surface area contributed by atoms with Gasteiger partial charge in [-0.25, -0.2) is 9.59 Å². The molecular weight excluding hydrogens is 396 g/mol. The maximum absolute atomic E-state index is 12.7. The molecule has 0 amide bonds. The van der Waals surface area contributed by atoms with E-state index in [4.69, 9.17) is 15.8 Å². The van der Waals surface area contributed by atoms with Crippen LogP contribution < -0.4 is 4.18 Å². The molecule has 0 heterocycles. The van der Waals surface area contributed by atoms with E-state index < -0.39 is 22.1 Å². The Bertz CT molecular complexity index is 1170. The predicted molar refractivity (Wildman–Crippen MR) is 97.1 cm³/mol. The quantitative estimate of drug-likeness (QED) is 0.620. The molecule has 0 aliphatic carbocycles. The molecule has 0 radical (unpaired) electrons. The van der Waals surface area contributed by atoms with Crippen molar-refractivity contribution in [3.63, 3.8) is 0 Å². The maximum Gasteiger partial charge on any atom is 0.339 e. The van der Waals surface area contributed by atoms with Crippen molar-refractivity contribution in [2.24, 2.45) is 0 Å². The lowest BCUT2D eigenvalue weighted by Gasteiger charge is -2.12. The lowest BCUT2D eigenvalue weighted by molar-refractivity contribution is 0.0695. The number of fused-ring (bicyclic) bond motifs is 1. The number of rotatable bonds is 5. The molecule has 7 nitrogen and oxygen atoms in total. The molecule has 3 aromatic carbocycles. The molecule has 0 aliphatic heterocycles. The molecule has 27 heavy (non-hydrogen) atoms. The second kappa shape index (κ2) is 6.90. The van der Waals surface area contributed by atoms with Gasteiger partial charge in [0.25, 0.3) is 0 Å². The fourth-order valence-electron chi connectivity index (χ4n) is 2.64. The topological polar surface area (TPSA) is 118 Å². The van der Waals surface area contributed by atoms with E-state index in [0.29, 0.717) is 0 Å². The molecule has 0 saturated carbocycles. The first-order valence-electron chi connectivity index (χ1n) is 7.43. The van der Waals surface area contributed by atoms with Gasteiger partial charge in [0.15, 0.2) is 0 Å². The van der Waals surface area contributed by atoms with Crippen molar-refractivity contribution in [2.75, 3.05) is 0 Å². The van der Waals surface area contributed by atoms with Crippen LogP contribution in [-0.4, -0.2) is 30.6 Å². The highest BCUT2D eigenvalue weighted by atomic mass is 35.5. The molecule has 3 rings (SSSR count). The van der Waals surface area contributed by atoms with Crippen LogP contribution in [0.15, 0.2) is 59.5 Å². The first-order valence-corrected chi connectivity index (χ1v) is 9.21. The summed E-state index contributed by atoms with van der Waals surface area (Å²) in [5.74, 6) is -2.80. The normalized spacial score (nSPS) is 11.3. The molecule has 138 valence electrons. The standard InChI is InChI=1S/C18H11ClO7S/c19-10-3-1-4-11(9-10)26-27(24,25)15-8-7-14(18(22)23)16-12(15)5-2-6-13(16)17(20)21/h1-9H,(H,20,21)(H,22,23). The van der Waals surface area contributed by atoms with Crippen LogP contribution in [0.3, 0.4) is 0 Å². The van der Waals surface area contributed by atoms with Crippen molar-refractivity contribution in [1.29, 1.82) is 0 Å². The molecule has 3 aromatic rings. The number of hydrogen-bond donors (Lipinski definition) is 2. The third-order valence-corrected chi connectivity index (χ3v) is 5.27. The molecule has 0 spiro atoms. The van der Waals surface area contributed by atoms with Crippen LogP contribution >= 0.6 is 11.6 Å². The minimum absolute atomic E-state index is 0.0349. The number of carboxylic acid groups (broad SMARTS) is 2. The Hall–Kier alpha value is -3.10. The van der Waals surface area contributed by atoms with Gasteiger partial charge in [0.1, 0.15) is 10.6 Å². The second-order valence-corrected chi connectivity index (χ2v) is 7.40. The highest BCUT2D eigenvalue weighted by molar-refractivity contribution is 7.87. The molecule has 0 fully saturated rings. The van der Waals surface area contributed by atoms with Gasteiger partial charge in [-0.05, 0) is 30.3 Å².